The summed E-state index contributed by atoms with van der Waals surface area (Å²) in [5.41, 5.74) is 6.72. The van der Waals surface area contributed by atoms with Gasteiger partial charge in [0.25, 0.3) is 0 Å². The van der Waals surface area contributed by atoms with E-state index in [9.17, 15) is 4.39 Å². The Bertz CT molecular complexity index is 434. The summed E-state index contributed by atoms with van der Waals surface area (Å²) in [4.78, 5) is 2.18. The van der Waals surface area contributed by atoms with Crippen LogP contribution in [0.2, 0.25) is 0 Å². The molecule has 0 spiro atoms. The van der Waals surface area contributed by atoms with Crippen LogP contribution in [0.3, 0.4) is 0 Å². The van der Waals surface area contributed by atoms with Crippen LogP contribution in [0.5, 0.6) is 5.75 Å². The van der Waals surface area contributed by atoms with Crippen molar-refractivity contribution in [1.82, 2.24) is 0 Å². The van der Waals surface area contributed by atoms with Crippen LogP contribution in [0.1, 0.15) is 39.0 Å². The predicted octanol–water partition coefficient (Wildman–Crippen LogP) is 3.58. The topological polar surface area (TPSA) is 38.5 Å². The molecule has 1 aliphatic heterocycles. The van der Waals surface area contributed by atoms with Gasteiger partial charge in [0, 0.05) is 24.7 Å². The fourth-order valence-corrected chi connectivity index (χ4v) is 2.91. The van der Waals surface area contributed by atoms with E-state index in [1.165, 1.54) is 12.5 Å². The molecule has 1 heterocycles. The molecule has 2 rings (SSSR count). The van der Waals surface area contributed by atoms with Crippen molar-refractivity contribution >= 4 is 11.4 Å². The maximum atomic E-state index is 14.2. The largest absolute Gasteiger partial charge is 0.495 e. The lowest BCUT2D eigenvalue weighted by Gasteiger charge is -2.38. The first-order chi connectivity index (χ1) is 9.17. The Morgan fingerprint density at radius 2 is 2.21 bits per heavy atom. The maximum absolute atomic E-state index is 14.2. The highest BCUT2D eigenvalue weighted by molar-refractivity contribution is 5.63. The highest BCUT2D eigenvalue weighted by Crippen LogP contribution is 2.34. The molecule has 4 heteroatoms. The molecule has 0 saturated carbocycles. The molecule has 1 aromatic carbocycles. The van der Waals surface area contributed by atoms with Crippen LogP contribution in [0, 0.1) is 5.82 Å². The van der Waals surface area contributed by atoms with Gasteiger partial charge in [-0.1, -0.05) is 13.3 Å². The zero-order valence-corrected chi connectivity index (χ0v) is 11.8. The fraction of sp³-hybridized carbons (Fsp3) is 0.600. The van der Waals surface area contributed by atoms with E-state index in [4.69, 9.17) is 10.5 Å². The minimum atomic E-state index is -0.249. The molecule has 0 amide bonds. The number of methoxy groups -OCH3 is 1. The van der Waals surface area contributed by atoms with Crippen LogP contribution in [0.25, 0.3) is 0 Å². The molecule has 3 nitrogen and oxygen atoms in total. The third-order valence-electron chi connectivity index (χ3n) is 3.86. The number of piperidine rings is 1. The number of anilines is 2. The van der Waals surface area contributed by atoms with E-state index in [0.717, 1.165) is 32.2 Å². The summed E-state index contributed by atoms with van der Waals surface area (Å²) < 4.78 is 19.4. The number of nitrogens with zero attached hydrogens (tertiary/aromatic N) is 1. The van der Waals surface area contributed by atoms with Crippen molar-refractivity contribution in [2.24, 2.45) is 0 Å². The van der Waals surface area contributed by atoms with Gasteiger partial charge < -0.3 is 15.4 Å². The highest BCUT2D eigenvalue weighted by Gasteiger charge is 2.25. The van der Waals surface area contributed by atoms with E-state index in [1.54, 1.807) is 13.2 Å². The fourth-order valence-electron chi connectivity index (χ4n) is 2.91. The van der Waals surface area contributed by atoms with Crippen molar-refractivity contribution in [3.8, 4) is 5.75 Å². The zero-order valence-electron chi connectivity index (χ0n) is 11.8. The van der Waals surface area contributed by atoms with E-state index in [-0.39, 0.29) is 5.82 Å². The number of nitrogen functional groups attached to an aromatic ring is 1. The number of nitrogens with two attached hydrogens (primary N) is 1. The molecule has 0 radical (unpaired) electrons. The first-order valence-electron chi connectivity index (χ1n) is 7.07. The average molecular weight is 266 g/mol. The number of benzene rings is 1. The first-order valence-corrected chi connectivity index (χ1v) is 7.07. The lowest BCUT2D eigenvalue weighted by Crippen LogP contribution is -2.40. The Kier molecular flexibility index (Phi) is 4.51. The zero-order chi connectivity index (χ0) is 13.8. The van der Waals surface area contributed by atoms with Crippen LogP contribution >= 0.6 is 0 Å². The number of hydrogen-bond acceptors (Lipinski definition) is 3. The van der Waals surface area contributed by atoms with Gasteiger partial charge in [-0.3, -0.25) is 0 Å². The van der Waals surface area contributed by atoms with E-state index < -0.39 is 0 Å². The van der Waals surface area contributed by atoms with Crippen LogP contribution in [0.15, 0.2) is 12.1 Å². The SMILES string of the molecule is CCCC1CCCCN1c1cc(OC)c(N)cc1F. The molecule has 0 bridgehead atoms. The number of halogens is 1. The van der Waals surface area contributed by atoms with Crippen molar-refractivity contribution < 1.29 is 9.13 Å². The van der Waals surface area contributed by atoms with Crippen molar-refractivity contribution in [2.45, 2.75) is 45.1 Å². The maximum Gasteiger partial charge on any atom is 0.148 e. The summed E-state index contributed by atoms with van der Waals surface area (Å²) in [6.45, 7) is 3.08. The Morgan fingerprint density at radius 1 is 1.42 bits per heavy atom. The van der Waals surface area contributed by atoms with Crippen LogP contribution < -0.4 is 15.4 Å². The van der Waals surface area contributed by atoms with Crippen molar-refractivity contribution in [3.63, 3.8) is 0 Å². The summed E-state index contributed by atoms with van der Waals surface area (Å²) in [6.07, 6.45) is 5.71. The predicted molar refractivity (Wildman–Crippen MR) is 77.3 cm³/mol. The molecular weight excluding hydrogens is 243 g/mol. The Balaban J connectivity index is 2.32. The van der Waals surface area contributed by atoms with Crippen molar-refractivity contribution in [1.29, 1.82) is 0 Å². The lowest BCUT2D eigenvalue weighted by atomic mass is 9.97. The molecule has 1 unspecified atom stereocenters. The normalized spacial score (nSPS) is 19.5. The number of hydrogen-bond donors (Lipinski definition) is 1. The molecule has 0 aromatic heterocycles. The minimum Gasteiger partial charge on any atom is -0.495 e. The third-order valence-corrected chi connectivity index (χ3v) is 3.86. The molecular formula is C15H23FN2O. The third kappa shape index (κ3) is 2.94. The molecule has 1 fully saturated rings. The van der Waals surface area contributed by atoms with Gasteiger partial charge in [-0.15, -0.1) is 0 Å². The van der Waals surface area contributed by atoms with Gasteiger partial charge in [0.2, 0.25) is 0 Å². The summed E-state index contributed by atoms with van der Waals surface area (Å²) in [5.74, 6) is 0.304. The van der Waals surface area contributed by atoms with E-state index in [2.05, 4.69) is 11.8 Å². The average Bonchev–Trinajstić information content (AvgIpc) is 2.40. The van der Waals surface area contributed by atoms with Gasteiger partial charge in [-0.05, 0) is 25.7 Å². The second-order valence-electron chi connectivity index (χ2n) is 5.18. The van der Waals surface area contributed by atoms with Gasteiger partial charge in [-0.25, -0.2) is 4.39 Å². The molecule has 1 atom stereocenters. The summed E-state index contributed by atoms with van der Waals surface area (Å²) in [6, 6.07) is 3.53. The summed E-state index contributed by atoms with van der Waals surface area (Å²) in [5, 5.41) is 0. The van der Waals surface area contributed by atoms with E-state index >= 15 is 0 Å². The number of ether oxygens (including phenoxy) is 1. The van der Waals surface area contributed by atoms with Gasteiger partial charge in [0.05, 0.1) is 18.5 Å². The molecule has 0 aliphatic carbocycles. The molecule has 19 heavy (non-hydrogen) atoms. The molecule has 1 aromatic rings. The Hall–Kier alpha value is -1.45. The van der Waals surface area contributed by atoms with Gasteiger partial charge in [0.1, 0.15) is 11.6 Å². The molecule has 1 saturated heterocycles. The molecule has 1 aliphatic rings. The smallest absolute Gasteiger partial charge is 0.148 e. The second-order valence-corrected chi connectivity index (χ2v) is 5.18. The van der Waals surface area contributed by atoms with Crippen LogP contribution in [-0.4, -0.2) is 19.7 Å². The Morgan fingerprint density at radius 3 is 2.89 bits per heavy atom. The van der Waals surface area contributed by atoms with Crippen LogP contribution in [-0.2, 0) is 0 Å². The number of rotatable bonds is 4. The van der Waals surface area contributed by atoms with Gasteiger partial charge in [0.15, 0.2) is 0 Å². The second kappa shape index (κ2) is 6.13. The van der Waals surface area contributed by atoms with Gasteiger partial charge >= 0.3 is 0 Å². The summed E-state index contributed by atoms with van der Waals surface area (Å²) in [7, 11) is 1.56. The standard InChI is InChI=1S/C15H23FN2O/c1-3-6-11-7-4-5-8-18(11)14-10-15(19-2)13(17)9-12(14)16/h9-11H,3-8,17H2,1-2H3. The molecule has 106 valence electrons. The van der Waals surface area contributed by atoms with E-state index in [0.29, 0.717) is 23.2 Å². The lowest BCUT2D eigenvalue weighted by molar-refractivity contribution is 0.410. The highest BCUT2D eigenvalue weighted by atomic mass is 19.1. The molecule has 2 N–H and O–H groups in total. The van der Waals surface area contributed by atoms with Crippen LogP contribution in [0.4, 0.5) is 15.8 Å². The summed E-state index contributed by atoms with van der Waals surface area (Å²) >= 11 is 0. The Labute approximate surface area is 114 Å². The quantitative estimate of drug-likeness (QED) is 0.847. The monoisotopic (exact) mass is 266 g/mol. The van der Waals surface area contributed by atoms with Gasteiger partial charge in [-0.2, -0.15) is 0 Å². The minimum absolute atomic E-state index is 0.249. The van der Waals surface area contributed by atoms with Crippen molar-refractivity contribution in [3.05, 3.63) is 17.9 Å². The van der Waals surface area contributed by atoms with Crippen molar-refractivity contribution in [2.75, 3.05) is 24.3 Å². The van der Waals surface area contributed by atoms with E-state index in [1.807, 2.05) is 0 Å². The first kappa shape index (κ1) is 14.0.